The number of fused-ring (bicyclic) bond motifs is 1. The molecule has 9 heteroatoms. The van der Waals surface area contributed by atoms with Gasteiger partial charge in [-0.15, -0.1) is 0 Å². The van der Waals surface area contributed by atoms with E-state index in [1.54, 1.807) is 37.5 Å². The molecule has 0 aliphatic carbocycles. The Labute approximate surface area is 199 Å². The van der Waals surface area contributed by atoms with Gasteiger partial charge in [0.2, 0.25) is 5.95 Å². The van der Waals surface area contributed by atoms with Crippen molar-refractivity contribution >= 4 is 51.8 Å². The van der Waals surface area contributed by atoms with E-state index in [1.807, 2.05) is 24.3 Å². The van der Waals surface area contributed by atoms with Gasteiger partial charge in [0, 0.05) is 36.3 Å². The molecule has 0 aliphatic heterocycles. The Morgan fingerprint density at radius 1 is 1.12 bits per heavy atom. The molecule has 2 aromatic heterocycles. The van der Waals surface area contributed by atoms with Gasteiger partial charge in [0.05, 0.1) is 15.6 Å². The van der Waals surface area contributed by atoms with Gasteiger partial charge >= 0.3 is 5.97 Å². The van der Waals surface area contributed by atoms with E-state index in [0.29, 0.717) is 51.0 Å². The third-order valence-corrected chi connectivity index (χ3v) is 5.88. The predicted molar refractivity (Wildman–Crippen MR) is 131 cm³/mol. The summed E-state index contributed by atoms with van der Waals surface area (Å²) in [6, 6.07) is 14.4. The Hall–Kier alpha value is -3.42. The number of carbonyl (C=O) groups is 1. The van der Waals surface area contributed by atoms with Crippen LogP contribution in [-0.4, -0.2) is 25.6 Å². The molecule has 0 saturated heterocycles. The highest BCUT2D eigenvalue weighted by Crippen LogP contribution is 2.33. The highest BCUT2D eigenvalue weighted by atomic mass is 35.5. The molecule has 2 heterocycles. The number of hydrogen-bond donors (Lipinski definition) is 2. The molecule has 0 radical (unpaired) electrons. The Morgan fingerprint density at radius 2 is 1.82 bits per heavy atom. The maximum absolute atomic E-state index is 13.1. The number of aliphatic carboxylic acids is 1. The van der Waals surface area contributed by atoms with E-state index in [2.05, 4.69) is 15.3 Å². The number of aromatic nitrogens is 3. The molecule has 0 atom stereocenters. The van der Waals surface area contributed by atoms with Crippen molar-refractivity contribution in [2.75, 3.05) is 5.32 Å². The second kappa shape index (κ2) is 9.60. The molecule has 0 aliphatic rings. The van der Waals surface area contributed by atoms with E-state index in [9.17, 15) is 9.59 Å². The van der Waals surface area contributed by atoms with Crippen molar-refractivity contribution in [3.05, 3.63) is 80.7 Å². The highest BCUT2D eigenvalue weighted by Gasteiger charge is 2.16. The van der Waals surface area contributed by atoms with Crippen LogP contribution in [0.15, 0.2) is 59.5 Å². The quantitative estimate of drug-likeness (QED) is 0.363. The molecule has 33 heavy (non-hydrogen) atoms. The molecule has 0 amide bonds. The first-order chi connectivity index (χ1) is 15.8. The van der Waals surface area contributed by atoms with Crippen LogP contribution in [-0.2, 0) is 18.3 Å². The first-order valence-electron chi connectivity index (χ1n) is 10.2. The second-order valence-corrected chi connectivity index (χ2v) is 8.38. The minimum absolute atomic E-state index is 0.147. The molecular formula is C24H20Cl2N4O3. The van der Waals surface area contributed by atoms with Crippen LogP contribution in [0, 0.1) is 0 Å². The van der Waals surface area contributed by atoms with Gasteiger partial charge in [-0.2, -0.15) is 4.98 Å². The van der Waals surface area contributed by atoms with Crippen molar-refractivity contribution in [3.63, 3.8) is 0 Å². The molecule has 2 aromatic carbocycles. The van der Waals surface area contributed by atoms with Crippen molar-refractivity contribution in [2.24, 2.45) is 7.05 Å². The van der Waals surface area contributed by atoms with Crippen LogP contribution in [0.5, 0.6) is 0 Å². The maximum atomic E-state index is 13.1. The Morgan fingerprint density at radius 3 is 2.48 bits per heavy atom. The maximum Gasteiger partial charge on any atom is 0.303 e. The SMILES string of the molecule is Cn1c(=O)c(-c2c(Cl)cccc2Cl)cc2cnc(Nc3ccc(CCCC(=O)O)cc3)nc21. The van der Waals surface area contributed by atoms with Crippen LogP contribution in [0.4, 0.5) is 11.6 Å². The van der Waals surface area contributed by atoms with Crippen LogP contribution in [0.2, 0.25) is 10.0 Å². The number of aryl methyl sites for hydroxylation is 2. The van der Waals surface area contributed by atoms with Crippen LogP contribution in [0.1, 0.15) is 18.4 Å². The number of rotatable bonds is 7. The number of benzene rings is 2. The third-order valence-electron chi connectivity index (χ3n) is 5.25. The van der Waals surface area contributed by atoms with Gasteiger partial charge in [0.1, 0.15) is 5.65 Å². The number of nitrogens with zero attached hydrogens (tertiary/aromatic N) is 3. The molecule has 0 bridgehead atoms. The van der Waals surface area contributed by atoms with Gasteiger partial charge in [-0.25, -0.2) is 4.98 Å². The molecular weight excluding hydrogens is 463 g/mol. The molecule has 7 nitrogen and oxygen atoms in total. The van der Waals surface area contributed by atoms with Gasteiger partial charge in [-0.05, 0) is 48.7 Å². The lowest BCUT2D eigenvalue weighted by Gasteiger charge is -2.12. The van der Waals surface area contributed by atoms with Crippen LogP contribution < -0.4 is 10.9 Å². The van der Waals surface area contributed by atoms with E-state index in [4.69, 9.17) is 28.3 Å². The summed E-state index contributed by atoms with van der Waals surface area (Å²) in [6.07, 6.45) is 3.07. The Bertz CT molecular complexity index is 1380. The molecule has 2 N–H and O–H groups in total. The van der Waals surface area contributed by atoms with Crippen LogP contribution >= 0.6 is 23.2 Å². The summed E-state index contributed by atoms with van der Waals surface area (Å²) in [7, 11) is 1.64. The fraction of sp³-hybridized carbons (Fsp3) is 0.167. The topological polar surface area (TPSA) is 97.1 Å². The largest absolute Gasteiger partial charge is 0.481 e. The molecule has 4 rings (SSSR count). The van der Waals surface area contributed by atoms with Gasteiger partial charge in [0.15, 0.2) is 0 Å². The number of carboxylic acid groups (broad SMARTS) is 1. The number of carboxylic acids is 1. The molecule has 0 saturated carbocycles. The first-order valence-corrected chi connectivity index (χ1v) is 11.0. The molecule has 0 unspecified atom stereocenters. The number of anilines is 2. The van der Waals surface area contributed by atoms with E-state index in [1.165, 1.54) is 4.57 Å². The number of halogens is 2. The summed E-state index contributed by atoms with van der Waals surface area (Å²) < 4.78 is 1.45. The number of nitrogens with one attached hydrogen (secondary N) is 1. The zero-order valence-corrected chi connectivity index (χ0v) is 19.2. The monoisotopic (exact) mass is 482 g/mol. The number of hydrogen-bond acceptors (Lipinski definition) is 5. The standard InChI is InChI=1S/C24H20Cl2N4O3/c1-30-22-15(12-17(23(30)33)21-18(25)5-3-6-19(21)26)13-27-24(29-22)28-16-10-8-14(9-11-16)4-2-7-20(31)32/h3,5-6,8-13H,2,4,7H2,1H3,(H,31,32)(H,27,28,29). The summed E-state index contributed by atoms with van der Waals surface area (Å²) in [5, 5.41) is 13.3. The summed E-state index contributed by atoms with van der Waals surface area (Å²) >= 11 is 12.6. The highest BCUT2D eigenvalue weighted by molar-refractivity contribution is 6.39. The fourth-order valence-electron chi connectivity index (χ4n) is 3.57. The summed E-state index contributed by atoms with van der Waals surface area (Å²) in [5.74, 6) is -0.446. The average molecular weight is 483 g/mol. The van der Waals surface area contributed by atoms with Crippen molar-refractivity contribution < 1.29 is 9.90 Å². The molecule has 4 aromatic rings. The van der Waals surface area contributed by atoms with Crippen LogP contribution in [0.3, 0.4) is 0 Å². The molecule has 0 fully saturated rings. The lowest BCUT2D eigenvalue weighted by molar-refractivity contribution is -0.137. The average Bonchev–Trinajstić information content (AvgIpc) is 2.78. The zero-order chi connectivity index (χ0) is 23.5. The third kappa shape index (κ3) is 4.99. The lowest BCUT2D eigenvalue weighted by atomic mass is 10.1. The smallest absolute Gasteiger partial charge is 0.303 e. The van der Waals surface area contributed by atoms with E-state index < -0.39 is 5.97 Å². The molecule has 168 valence electrons. The van der Waals surface area contributed by atoms with Gasteiger partial charge in [0.25, 0.3) is 5.56 Å². The Balaban J connectivity index is 1.61. The van der Waals surface area contributed by atoms with Gasteiger partial charge < -0.3 is 10.4 Å². The van der Waals surface area contributed by atoms with Crippen molar-refractivity contribution in [1.82, 2.24) is 14.5 Å². The van der Waals surface area contributed by atoms with Crippen molar-refractivity contribution in [2.45, 2.75) is 19.3 Å². The predicted octanol–water partition coefficient (Wildman–Crippen LogP) is 5.45. The molecule has 0 spiro atoms. The summed E-state index contributed by atoms with van der Waals surface area (Å²) in [6.45, 7) is 0. The fourth-order valence-corrected chi connectivity index (χ4v) is 4.17. The summed E-state index contributed by atoms with van der Waals surface area (Å²) in [4.78, 5) is 32.6. The van der Waals surface area contributed by atoms with E-state index >= 15 is 0 Å². The van der Waals surface area contributed by atoms with E-state index in [0.717, 1.165) is 11.3 Å². The van der Waals surface area contributed by atoms with Crippen molar-refractivity contribution in [3.8, 4) is 11.1 Å². The van der Waals surface area contributed by atoms with E-state index in [-0.39, 0.29) is 12.0 Å². The minimum atomic E-state index is -0.793. The van der Waals surface area contributed by atoms with Gasteiger partial charge in [-0.3, -0.25) is 14.2 Å². The lowest BCUT2D eigenvalue weighted by Crippen LogP contribution is -2.20. The first kappa shape index (κ1) is 22.8. The minimum Gasteiger partial charge on any atom is -0.481 e. The number of pyridine rings is 1. The van der Waals surface area contributed by atoms with Crippen LogP contribution in [0.25, 0.3) is 22.2 Å². The zero-order valence-electron chi connectivity index (χ0n) is 17.7. The summed E-state index contributed by atoms with van der Waals surface area (Å²) in [5.41, 5.74) is 2.88. The normalized spacial score (nSPS) is 11.0. The second-order valence-electron chi connectivity index (χ2n) is 7.56. The van der Waals surface area contributed by atoms with Crippen molar-refractivity contribution in [1.29, 1.82) is 0 Å². The van der Waals surface area contributed by atoms with Gasteiger partial charge in [-0.1, -0.05) is 41.4 Å². The Kier molecular flexibility index (Phi) is 6.62.